The number of ketones is 1. The van der Waals surface area contributed by atoms with Crippen LogP contribution >= 0.6 is 0 Å². The number of rotatable bonds is 8. The van der Waals surface area contributed by atoms with Crippen LogP contribution in [0.25, 0.3) is 0 Å². The fraction of sp³-hybridized carbons (Fsp3) is 0.480. The highest BCUT2D eigenvalue weighted by Crippen LogP contribution is 2.40. The van der Waals surface area contributed by atoms with E-state index in [1.54, 1.807) is 0 Å². The zero-order chi connectivity index (χ0) is 20.0. The van der Waals surface area contributed by atoms with E-state index in [4.69, 9.17) is 0 Å². The molecule has 0 saturated heterocycles. The van der Waals surface area contributed by atoms with Gasteiger partial charge < -0.3 is 10.0 Å². The molecule has 1 atom stereocenters. The molecule has 3 rings (SSSR count). The number of aryl methyl sites for hydroxylation is 1. The van der Waals surface area contributed by atoms with Crippen LogP contribution in [0.1, 0.15) is 55.2 Å². The number of carbonyl (C=O) groups excluding carboxylic acids is 1. The van der Waals surface area contributed by atoms with E-state index in [0.29, 0.717) is 12.8 Å². The highest BCUT2D eigenvalue weighted by atomic mass is 16.3. The predicted octanol–water partition coefficient (Wildman–Crippen LogP) is 4.72. The molecule has 28 heavy (non-hydrogen) atoms. The van der Waals surface area contributed by atoms with Crippen molar-refractivity contribution in [3.8, 4) is 0 Å². The second-order valence-corrected chi connectivity index (χ2v) is 8.44. The van der Waals surface area contributed by atoms with Crippen molar-refractivity contribution in [3.63, 3.8) is 0 Å². The highest BCUT2D eigenvalue weighted by molar-refractivity contribution is 5.89. The Bertz CT molecular complexity index is 748. The molecule has 0 heterocycles. The van der Waals surface area contributed by atoms with Crippen molar-refractivity contribution < 1.29 is 9.90 Å². The minimum Gasteiger partial charge on any atom is -0.377 e. The predicted molar refractivity (Wildman–Crippen MR) is 114 cm³/mol. The van der Waals surface area contributed by atoms with Gasteiger partial charge in [0, 0.05) is 13.0 Å². The highest BCUT2D eigenvalue weighted by Gasteiger charge is 2.44. The molecule has 3 heteroatoms. The van der Waals surface area contributed by atoms with E-state index in [2.05, 4.69) is 43.3 Å². The first-order chi connectivity index (χ1) is 13.5. The first kappa shape index (κ1) is 20.8. The third-order valence-electron chi connectivity index (χ3n) is 6.00. The van der Waals surface area contributed by atoms with Crippen molar-refractivity contribution in [2.45, 2.75) is 57.1 Å². The molecule has 1 aliphatic carbocycles. The van der Waals surface area contributed by atoms with Crippen LogP contribution in [0.2, 0.25) is 0 Å². The van der Waals surface area contributed by atoms with Gasteiger partial charge in [-0.05, 0) is 56.0 Å². The van der Waals surface area contributed by atoms with Crippen molar-refractivity contribution in [1.82, 2.24) is 4.90 Å². The molecule has 0 bridgehead atoms. The Morgan fingerprint density at radius 1 is 0.964 bits per heavy atom. The third kappa shape index (κ3) is 4.89. The summed E-state index contributed by atoms with van der Waals surface area (Å²) >= 11 is 0. The van der Waals surface area contributed by atoms with E-state index in [1.165, 1.54) is 12.0 Å². The van der Waals surface area contributed by atoms with Crippen LogP contribution in [-0.2, 0) is 23.4 Å². The van der Waals surface area contributed by atoms with Gasteiger partial charge >= 0.3 is 0 Å². The van der Waals surface area contributed by atoms with E-state index in [-0.39, 0.29) is 11.7 Å². The number of nitrogens with zero attached hydrogens (tertiary/aromatic N) is 1. The number of benzene rings is 2. The lowest BCUT2D eigenvalue weighted by molar-refractivity contribution is -0.146. The molecular formula is C25H33NO2. The maximum atomic E-state index is 13.3. The number of aliphatic hydroxyl groups is 1. The molecule has 2 aromatic carbocycles. The van der Waals surface area contributed by atoms with E-state index in [0.717, 1.165) is 43.4 Å². The van der Waals surface area contributed by atoms with Gasteiger partial charge in [-0.25, -0.2) is 0 Å². The van der Waals surface area contributed by atoms with Gasteiger partial charge in [-0.3, -0.25) is 4.79 Å². The van der Waals surface area contributed by atoms with Crippen molar-refractivity contribution in [2.75, 3.05) is 14.1 Å². The summed E-state index contributed by atoms with van der Waals surface area (Å²) in [4.78, 5) is 15.4. The van der Waals surface area contributed by atoms with Gasteiger partial charge in [-0.2, -0.15) is 0 Å². The molecule has 0 aromatic heterocycles. The second kappa shape index (κ2) is 9.49. The fourth-order valence-corrected chi connectivity index (χ4v) is 4.46. The van der Waals surface area contributed by atoms with Gasteiger partial charge in [0.1, 0.15) is 0 Å². The van der Waals surface area contributed by atoms with Crippen LogP contribution in [0.3, 0.4) is 0 Å². The van der Waals surface area contributed by atoms with Crippen molar-refractivity contribution in [2.24, 2.45) is 5.92 Å². The quantitative estimate of drug-likeness (QED) is 0.722. The summed E-state index contributed by atoms with van der Waals surface area (Å²) in [7, 11) is 4.12. The molecule has 1 saturated carbocycles. The molecule has 1 N–H and O–H groups in total. The van der Waals surface area contributed by atoms with Crippen LogP contribution < -0.4 is 0 Å². The van der Waals surface area contributed by atoms with Gasteiger partial charge in [-0.15, -0.1) is 0 Å². The first-order valence-corrected chi connectivity index (χ1v) is 10.5. The van der Waals surface area contributed by atoms with E-state index in [9.17, 15) is 9.90 Å². The Kier molecular flexibility index (Phi) is 7.03. The summed E-state index contributed by atoms with van der Waals surface area (Å²) in [5, 5.41) is 11.6. The lowest BCUT2D eigenvalue weighted by Gasteiger charge is -2.38. The molecule has 0 spiro atoms. The zero-order valence-corrected chi connectivity index (χ0v) is 17.2. The van der Waals surface area contributed by atoms with Crippen molar-refractivity contribution >= 4 is 5.78 Å². The maximum Gasteiger partial charge on any atom is 0.169 e. The number of carbonyl (C=O) groups is 1. The number of hydrogen-bond acceptors (Lipinski definition) is 3. The second-order valence-electron chi connectivity index (χ2n) is 8.44. The molecule has 0 radical (unpaired) electrons. The number of Topliss-reactive ketones (excluding diaryl/α,β-unsaturated/α-hetero) is 1. The third-order valence-corrected chi connectivity index (χ3v) is 6.00. The summed E-state index contributed by atoms with van der Waals surface area (Å²) in [5.41, 5.74) is 1.82. The minimum absolute atomic E-state index is 0.0265. The van der Waals surface area contributed by atoms with E-state index in [1.807, 2.05) is 30.3 Å². The molecular weight excluding hydrogens is 346 g/mol. The topological polar surface area (TPSA) is 40.5 Å². The normalized spacial score (nSPS) is 17.4. The molecule has 2 aromatic rings. The van der Waals surface area contributed by atoms with Crippen molar-refractivity contribution in [1.29, 1.82) is 0 Å². The van der Waals surface area contributed by atoms with Crippen LogP contribution in [0.5, 0.6) is 0 Å². The Labute approximate surface area is 169 Å². The molecule has 3 nitrogen and oxygen atoms in total. The number of hydrogen-bond donors (Lipinski definition) is 1. The first-order valence-electron chi connectivity index (χ1n) is 10.5. The van der Waals surface area contributed by atoms with Gasteiger partial charge in [0.15, 0.2) is 11.4 Å². The molecule has 0 aliphatic heterocycles. The van der Waals surface area contributed by atoms with Gasteiger partial charge in [0.2, 0.25) is 0 Å². The largest absolute Gasteiger partial charge is 0.377 e. The monoisotopic (exact) mass is 379 g/mol. The average Bonchev–Trinajstić information content (AvgIpc) is 2.73. The SMILES string of the molecule is CN(C)Cc1ccc(CCC(=O)C(O)(c2ccccc2)C2CCCCC2)cc1. The van der Waals surface area contributed by atoms with Crippen LogP contribution in [0.4, 0.5) is 0 Å². The Hall–Kier alpha value is -1.97. The van der Waals surface area contributed by atoms with Gasteiger partial charge in [0.25, 0.3) is 0 Å². The lowest BCUT2D eigenvalue weighted by Crippen LogP contribution is -2.44. The fourth-order valence-electron chi connectivity index (χ4n) is 4.46. The van der Waals surface area contributed by atoms with Crippen LogP contribution in [0.15, 0.2) is 54.6 Å². The molecule has 1 unspecified atom stereocenters. The molecule has 1 aliphatic rings. The smallest absolute Gasteiger partial charge is 0.169 e. The standard InChI is InChI=1S/C25H33NO2/c1-26(2)19-21-15-13-20(14-16-21)17-18-24(27)25(28,22-9-5-3-6-10-22)23-11-7-4-8-12-23/h3,5-6,9-10,13-16,23,28H,4,7-8,11-12,17-19H2,1-2H3. The summed E-state index contributed by atoms with van der Waals surface area (Å²) in [6.45, 7) is 0.911. The Morgan fingerprint density at radius 2 is 1.57 bits per heavy atom. The lowest BCUT2D eigenvalue weighted by atomic mass is 9.70. The van der Waals surface area contributed by atoms with Gasteiger partial charge in [0.05, 0.1) is 0 Å². The summed E-state index contributed by atoms with van der Waals surface area (Å²) in [6, 6.07) is 18.0. The van der Waals surface area contributed by atoms with E-state index < -0.39 is 5.60 Å². The molecule has 0 amide bonds. The minimum atomic E-state index is -1.35. The summed E-state index contributed by atoms with van der Waals surface area (Å²) < 4.78 is 0. The van der Waals surface area contributed by atoms with Crippen LogP contribution in [-0.4, -0.2) is 29.9 Å². The molecule has 150 valence electrons. The van der Waals surface area contributed by atoms with E-state index >= 15 is 0 Å². The summed E-state index contributed by atoms with van der Waals surface area (Å²) in [5.74, 6) is -0.0124. The Morgan fingerprint density at radius 3 is 2.18 bits per heavy atom. The van der Waals surface area contributed by atoms with Crippen LogP contribution in [0, 0.1) is 5.92 Å². The molecule has 1 fully saturated rings. The summed E-state index contributed by atoms with van der Waals surface area (Å²) in [6.07, 6.45) is 6.29. The Balaban J connectivity index is 1.73. The zero-order valence-electron chi connectivity index (χ0n) is 17.2. The average molecular weight is 380 g/mol. The maximum absolute atomic E-state index is 13.3. The van der Waals surface area contributed by atoms with Crippen molar-refractivity contribution in [3.05, 3.63) is 71.3 Å². The van der Waals surface area contributed by atoms with Gasteiger partial charge in [-0.1, -0.05) is 73.9 Å².